The molecule has 1 atom stereocenters. The number of aryl methyl sites for hydroxylation is 3. The largest absolute Gasteiger partial charge is 0.494 e. The van der Waals surface area contributed by atoms with Crippen molar-refractivity contribution in [3.63, 3.8) is 0 Å². The fourth-order valence-electron chi connectivity index (χ4n) is 2.70. The van der Waals surface area contributed by atoms with Gasteiger partial charge in [0.2, 0.25) is 10.0 Å². The summed E-state index contributed by atoms with van der Waals surface area (Å²) in [4.78, 5) is 0.235. The SMILES string of the molecule is CCOc1ccc(S(=O)(=O)N[C@@H](C)c2cc(C)c(C)cc2C)cc1. The minimum atomic E-state index is -3.58. The van der Waals surface area contributed by atoms with E-state index in [1.165, 1.54) is 5.56 Å². The van der Waals surface area contributed by atoms with Gasteiger partial charge in [0.05, 0.1) is 11.5 Å². The van der Waals surface area contributed by atoms with Gasteiger partial charge >= 0.3 is 0 Å². The summed E-state index contributed by atoms with van der Waals surface area (Å²) in [6, 6.07) is 10.3. The Balaban J connectivity index is 2.23. The average molecular weight is 347 g/mol. The van der Waals surface area contributed by atoms with E-state index < -0.39 is 10.0 Å². The van der Waals surface area contributed by atoms with Crippen LogP contribution in [0.2, 0.25) is 0 Å². The summed E-state index contributed by atoms with van der Waals surface area (Å²) >= 11 is 0. The van der Waals surface area contributed by atoms with Gasteiger partial charge < -0.3 is 4.74 Å². The molecule has 5 heteroatoms. The van der Waals surface area contributed by atoms with E-state index in [-0.39, 0.29) is 10.9 Å². The van der Waals surface area contributed by atoms with Gasteiger partial charge in [0.15, 0.2) is 0 Å². The molecule has 0 aliphatic heterocycles. The van der Waals surface area contributed by atoms with Crippen molar-refractivity contribution >= 4 is 10.0 Å². The van der Waals surface area contributed by atoms with Crippen molar-refractivity contribution in [3.05, 3.63) is 58.7 Å². The van der Waals surface area contributed by atoms with E-state index in [0.717, 1.165) is 16.7 Å². The number of rotatable bonds is 6. The highest BCUT2D eigenvalue weighted by molar-refractivity contribution is 7.89. The summed E-state index contributed by atoms with van der Waals surface area (Å²) in [5.74, 6) is 0.662. The average Bonchev–Trinajstić information content (AvgIpc) is 2.51. The summed E-state index contributed by atoms with van der Waals surface area (Å²) in [5.41, 5.74) is 4.44. The van der Waals surface area contributed by atoms with Crippen LogP contribution in [0.3, 0.4) is 0 Å². The van der Waals surface area contributed by atoms with Gasteiger partial charge in [-0.3, -0.25) is 0 Å². The lowest BCUT2D eigenvalue weighted by Crippen LogP contribution is -2.27. The second kappa shape index (κ2) is 7.36. The first kappa shape index (κ1) is 18.5. The Hall–Kier alpha value is -1.85. The van der Waals surface area contributed by atoms with E-state index >= 15 is 0 Å². The van der Waals surface area contributed by atoms with E-state index in [9.17, 15) is 8.42 Å². The molecular formula is C19H25NO3S. The summed E-state index contributed by atoms with van der Waals surface area (Å²) in [7, 11) is -3.58. The molecule has 0 radical (unpaired) electrons. The Morgan fingerprint density at radius 3 is 2.17 bits per heavy atom. The quantitative estimate of drug-likeness (QED) is 0.858. The molecule has 2 aromatic carbocycles. The number of sulfonamides is 1. The van der Waals surface area contributed by atoms with E-state index in [1.807, 2.05) is 27.7 Å². The zero-order chi connectivity index (χ0) is 17.9. The maximum Gasteiger partial charge on any atom is 0.241 e. The fourth-order valence-corrected chi connectivity index (χ4v) is 3.92. The Labute approximate surface area is 144 Å². The summed E-state index contributed by atoms with van der Waals surface area (Å²) < 4.78 is 33.3. The number of benzene rings is 2. The monoisotopic (exact) mass is 347 g/mol. The normalized spacial score (nSPS) is 12.9. The fraction of sp³-hybridized carbons (Fsp3) is 0.368. The van der Waals surface area contributed by atoms with Gasteiger partial charge in [0, 0.05) is 6.04 Å². The second-order valence-corrected chi connectivity index (χ2v) is 7.75. The highest BCUT2D eigenvalue weighted by Gasteiger charge is 2.20. The third-order valence-electron chi connectivity index (χ3n) is 4.13. The van der Waals surface area contributed by atoms with Crippen LogP contribution in [0.25, 0.3) is 0 Å². The molecule has 130 valence electrons. The maximum atomic E-state index is 12.6. The van der Waals surface area contributed by atoms with Crippen molar-refractivity contribution < 1.29 is 13.2 Å². The molecule has 24 heavy (non-hydrogen) atoms. The van der Waals surface area contributed by atoms with Crippen molar-refractivity contribution in [2.24, 2.45) is 0 Å². The van der Waals surface area contributed by atoms with Gasteiger partial charge in [-0.15, -0.1) is 0 Å². The van der Waals surface area contributed by atoms with Crippen molar-refractivity contribution in [3.8, 4) is 5.75 Å². The Bertz CT molecular complexity index is 811. The third-order valence-corrected chi connectivity index (χ3v) is 5.68. The van der Waals surface area contributed by atoms with Crippen molar-refractivity contribution in [2.45, 2.75) is 45.6 Å². The van der Waals surface area contributed by atoms with Crippen LogP contribution in [0.1, 0.15) is 42.1 Å². The summed E-state index contributed by atoms with van der Waals surface area (Å²) in [6.45, 7) is 10.4. The Kier molecular flexibility index (Phi) is 5.67. The molecule has 2 rings (SSSR count). The molecule has 0 aliphatic rings. The van der Waals surface area contributed by atoms with Crippen LogP contribution in [0.15, 0.2) is 41.3 Å². The molecule has 1 N–H and O–H groups in total. The number of hydrogen-bond donors (Lipinski definition) is 1. The van der Waals surface area contributed by atoms with E-state index in [2.05, 4.69) is 23.8 Å². The van der Waals surface area contributed by atoms with E-state index in [4.69, 9.17) is 4.74 Å². The number of hydrogen-bond acceptors (Lipinski definition) is 3. The van der Waals surface area contributed by atoms with Gasteiger partial charge in [0.1, 0.15) is 5.75 Å². The van der Waals surface area contributed by atoms with Crippen molar-refractivity contribution in [2.75, 3.05) is 6.61 Å². The van der Waals surface area contributed by atoms with E-state index in [1.54, 1.807) is 24.3 Å². The van der Waals surface area contributed by atoms with Gasteiger partial charge in [-0.2, -0.15) is 0 Å². The molecule has 0 aliphatic carbocycles. The lowest BCUT2D eigenvalue weighted by atomic mass is 9.97. The predicted octanol–water partition coefficient (Wildman–Crippen LogP) is 4.05. The summed E-state index contributed by atoms with van der Waals surface area (Å²) in [5, 5.41) is 0. The van der Waals surface area contributed by atoms with Gasteiger partial charge in [-0.1, -0.05) is 12.1 Å². The standard InChI is InChI=1S/C19H25NO3S/c1-6-23-17-7-9-18(10-8-17)24(21,22)20-16(5)19-12-14(3)13(2)11-15(19)4/h7-12,16,20H,6H2,1-5H3/t16-/m0/s1. The lowest BCUT2D eigenvalue weighted by Gasteiger charge is -2.18. The first-order valence-corrected chi connectivity index (χ1v) is 9.56. The predicted molar refractivity (Wildman–Crippen MR) is 97.0 cm³/mol. The summed E-state index contributed by atoms with van der Waals surface area (Å²) in [6.07, 6.45) is 0. The molecule has 0 aromatic heterocycles. The van der Waals surface area contributed by atoms with Crippen LogP contribution in [0.5, 0.6) is 5.75 Å². The molecule has 0 bridgehead atoms. The molecule has 0 saturated carbocycles. The Morgan fingerprint density at radius 1 is 1.00 bits per heavy atom. The third kappa shape index (κ3) is 4.16. The molecule has 0 amide bonds. The Morgan fingerprint density at radius 2 is 1.58 bits per heavy atom. The van der Waals surface area contributed by atoms with Crippen LogP contribution in [0, 0.1) is 20.8 Å². The number of nitrogens with one attached hydrogen (secondary N) is 1. The smallest absolute Gasteiger partial charge is 0.241 e. The van der Waals surface area contributed by atoms with Crippen LogP contribution in [0.4, 0.5) is 0 Å². The minimum absolute atomic E-state index is 0.235. The molecule has 4 nitrogen and oxygen atoms in total. The number of ether oxygens (including phenoxy) is 1. The van der Waals surface area contributed by atoms with Crippen LogP contribution < -0.4 is 9.46 Å². The van der Waals surface area contributed by atoms with Gasteiger partial charge in [0.25, 0.3) is 0 Å². The first-order chi connectivity index (χ1) is 11.2. The van der Waals surface area contributed by atoms with Crippen LogP contribution >= 0.6 is 0 Å². The van der Waals surface area contributed by atoms with Crippen molar-refractivity contribution in [1.82, 2.24) is 4.72 Å². The molecular weight excluding hydrogens is 322 g/mol. The topological polar surface area (TPSA) is 55.4 Å². The zero-order valence-corrected chi connectivity index (χ0v) is 15.7. The highest BCUT2D eigenvalue weighted by atomic mass is 32.2. The molecule has 0 fully saturated rings. The highest BCUT2D eigenvalue weighted by Crippen LogP contribution is 2.24. The van der Waals surface area contributed by atoms with Crippen LogP contribution in [-0.2, 0) is 10.0 Å². The zero-order valence-electron chi connectivity index (χ0n) is 14.9. The molecule has 0 unspecified atom stereocenters. The van der Waals surface area contributed by atoms with Gasteiger partial charge in [-0.05, 0) is 81.1 Å². The second-order valence-electron chi connectivity index (χ2n) is 6.04. The molecule has 0 spiro atoms. The van der Waals surface area contributed by atoms with E-state index in [0.29, 0.717) is 12.4 Å². The van der Waals surface area contributed by atoms with Crippen molar-refractivity contribution in [1.29, 1.82) is 0 Å². The first-order valence-electron chi connectivity index (χ1n) is 8.07. The minimum Gasteiger partial charge on any atom is -0.494 e. The molecule has 2 aromatic rings. The van der Waals surface area contributed by atoms with Gasteiger partial charge in [-0.25, -0.2) is 13.1 Å². The lowest BCUT2D eigenvalue weighted by molar-refractivity contribution is 0.340. The molecule has 0 heterocycles. The van der Waals surface area contributed by atoms with Crippen LogP contribution in [-0.4, -0.2) is 15.0 Å². The molecule has 0 saturated heterocycles. The maximum absolute atomic E-state index is 12.6.